The molecule has 0 heterocycles. The average molecular weight is 225 g/mol. The molecular weight excluding hydrogens is 206 g/mol. The van der Waals surface area contributed by atoms with E-state index in [9.17, 15) is 5.11 Å². The van der Waals surface area contributed by atoms with Crippen molar-refractivity contribution in [1.29, 1.82) is 0 Å². The Bertz CT molecular complexity index is 326. The first-order valence-corrected chi connectivity index (χ1v) is 5.49. The van der Waals surface area contributed by atoms with E-state index in [4.69, 9.17) is 10.2 Å². The molecule has 0 aliphatic heterocycles. The standard InChI is InChI=1S/C12H19NO3/c1-9(14)3-2-6-13-8-10-4-5-11(15)7-12(10)16/h4-5,7,9,13-16H,2-3,6,8H2,1H3. The Kier molecular flexibility index (Phi) is 5.08. The van der Waals surface area contributed by atoms with Crippen LogP contribution in [0.2, 0.25) is 0 Å². The minimum absolute atomic E-state index is 0.0651. The predicted octanol–water partition coefficient (Wildman–Crippen LogP) is 1.35. The molecular formula is C12H19NO3. The molecule has 4 nitrogen and oxygen atoms in total. The van der Waals surface area contributed by atoms with Crippen molar-refractivity contribution in [3.63, 3.8) is 0 Å². The number of hydrogen-bond donors (Lipinski definition) is 4. The maximum Gasteiger partial charge on any atom is 0.123 e. The van der Waals surface area contributed by atoms with Crippen LogP contribution in [-0.2, 0) is 6.54 Å². The molecule has 1 aromatic rings. The van der Waals surface area contributed by atoms with Crippen molar-refractivity contribution < 1.29 is 15.3 Å². The molecule has 0 aliphatic carbocycles. The molecule has 0 saturated carbocycles. The lowest BCUT2D eigenvalue weighted by molar-refractivity contribution is 0.181. The van der Waals surface area contributed by atoms with Gasteiger partial charge in [-0.1, -0.05) is 6.07 Å². The van der Waals surface area contributed by atoms with Crippen molar-refractivity contribution in [3.8, 4) is 11.5 Å². The summed E-state index contributed by atoms with van der Waals surface area (Å²) in [6.45, 7) is 3.13. The Morgan fingerprint density at radius 1 is 1.31 bits per heavy atom. The number of nitrogens with one attached hydrogen (secondary N) is 1. The van der Waals surface area contributed by atoms with E-state index in [-0.39, 0.29) is 17.6 Å². The largest absolute Gasteiger partial charge is 0.508 e. The third-order valence-electron chi connectivity index (χ3n) is 2.36. The van der Waals surface area contributed by atoms with Gasteiger partial charge in [0.05, 0.1) is 6.10 Å². The first-order chi connectivity index (χ1) is 7.59. The molecule has 1 atom stereocenters. The van der Waals surface area contributed by atoms with Gasteiger partial charge in [0.25, 0.3) is 0 Å². The minimum Gasteiger partial charge on any atom is -0.508 e. The third kappa shape index (κ3) is 4.51. The van der Waals surface area contributed by atoms with Gasteiger partial charge in [-0.2, -0.15) is 0 Å². The lowest BCUT2D eigenvalue weighted by atomic mass is 10.2. The first-order valence-electron chi connectivity index (χ1n) is 5.49. The number of benzene rings is 1. The smallest absolute Gasteiger partial charge is 0.123 e. The monoisotopic (exact) mass is 225 g/mol. The molecule has 0 amide bonds. The molecule has 4 N–H and O–H groups in total. The minimum atomic E-state index is -0.260. The molecule has 1 aromatic carbocycles. The highest BCUT2D eigenvalue weighted by atomic mass is 16.3. The van der Waals surface area contributed by atoms with Crippen molar-refractivity contribution in [3.05, 3.63) is 23.8 Å². The average Bonchev–Trinajstić information content (AvgIpc) is 2.20. The second kappa shape index (κ2) is 6.35. The molecule has 0 fully saturated rings. The van der Waals surface area contributed by atoms with Gasteiger partial charge in [0.1, 0.15) is 11.5 Å². The third-order valence-corrected chi connectivity index (χ3v) is 2.36. The molecule has 0 spiro atoms. The molecule has 4 heteroatoms. The number of aliphatic hydroxyl groups is 1. The highest BCUT2D eigenvalue weighted by Gasteiger charge is 2.01. The normalized spacial score (nSPS) is 12.6. The van der Waals surface area contributed by atoms with Crippen LogP contribution in [0, 0.1) is 0 Å². The van der Waals surface area contributed by atoms with Crippen LogP contribution in [0.25, 0.3) is 0 Å². The second-order valence-corrected chi connectivity index (χ2v) is 3.98. The van der Waals surface area contributed by atoms with E-state index in [2.05, 4.69) is 5.32 Å². The Hall–Kier alpha value is -1.26. The van der Waals surface area contributed by atoms with Crippen LogP contribution in [-0.4, -0.2) is 28.0 Å². The molecule has 1 unspecified atom stereocenters. The van der Waals surface area contributed by atoms with Crippen LogP contribution in [0.4, 0.5) is 0 Å². The van der Waals surface area contributed by atoms with E-state index in [1.165, 1.54) is 6.07 Å². The van der Waals surface area contributed by atoms with Crippen LogP contribution < -0.4 is 5.32 Å². The molecule has 0 aliphatic rings. The second-order valence-electron chi connectivity index (χ2n) is 3.98. The van der Waals surface area contributed by atoms with Crippen molar-refractivity contribution in [2.75, 3.05) is 6.54 Å². The van der Waals surface area contributed by atoms with Crippen LogP contribution >= 0.6 is 0 Å². The molecule has 0 bridgehead atoms. The SMILES string of the molecule is CC(O)CCCNCc1ccc(O)cc1O. The summed E-state index contributed by atoms with van der Waals surface area (Å²) in [7, 11) is 0. The van der Waals surface area contributed by atoms with Gasteiger partial charge in [0.15, 0.2) is 0 Å². The zero-order chi connectivity index (χ0) is 12.0. The van der Waals surface area contributed by atoms with E-state index in [0.717, 1.165) is 24.9 Å². The van der Waals surface area contributed by atoms with Crippen molar-refractivity contribution in [1.82, 2.24) is 5.32 Å². The number of aliphatic hydroxyl groups excluding tert-OH is 1. The fraction of sp³-hybridized carbons (Fsp3) is 0.500. The predicted molar refractivity (Wildman–Crippen MR) is 62.4 cm³/mol. The fourth-order valence-corrected chi connectivity index (χ4v) is 1.45. The van der Waals surface area contributed by atoms with E-state index in [1.54, 1.807) is 19.1 Å². The fourth-order valence-electron chi connectivity index (χ4n) is 1.45. The van der Waals surface area contributed by atoms with E-state index >= 15 is 0 Å². The lowest BCUT2D eigenvalue weighted by Crippen LogP contribution is -2.16. The van der Waals surface area contributed by atoms with E-state index in [0.29, 0.717) is 6.54 Å². The zero-order valence-corrected chi connectivity index (χ0v) is 9.48. The van der Waals surface area contributed by atoms with Crippen molar-refractivity contribution >= 4 is 0 Å². The van der Waals surface area contributed by atoms with Crippen LogP contribution in [0.1, 0.15) is 25.3 Å². The van der Waals surface area contributed by atoms with Gasteiger partial charge in [-0.3, -0.25) is 0 Å². The molecule has 1 rings (SSSR count). The number of phenols is 2. The van der Waals surface area contributed by atoms with E-state index < -0.39 is 0 Å². The summed E-state index contributed by atoms with van der Waals surface area (Å²) in [5, 5.41) is 30.8. The number of hydrogen-bond acceptors (Lipinski definition) is 4. The molecule has 90 valence electrons. The molecule has 0 radical (unpaired) electrons. The van der Waals surface area contributed by atoms with Gasteiger partial charge in [-0.05, 0) is 32.4 Å². The van der Waals surface area contributed by atoms with Crippen molar-refractivity contribution in [2.24, 2.45) is 0 Å². The Balaban J connectivity index is 2.27. The summed E-state index contributed by atoms with van der Waals surface area (Å²) in [5.74, 6) is 0.165. The quantitative estimate of drug-likeness (QED) is 0.551. The summed E-state index contributed by atoms with van der Waals surface area (Å²) < 4.78 is 0. The summed E-state index contributed by atoms with van der Waals surface area (Å²) in [6.07, 6.45) is 1.41. The Morgan fingerprint density at radius 2 is 2.06 bits per heavy atom. The molecule has 0 saturated heterocycles. The number of aromatic hydroxyl groups is 2. The van der Waals surface area contributed by atoms with Crippen LogP contribution in [0.15, 0.2) is 18.2 Å². The van der Waals surface area contributed by atoms with Gasteiger partial charge in [-0.25, -0.2) is 0 Å². The maximum absolute atomic E-state index is 9.50. The summed E-state index contributed by atoms with van der Waals surface area (Å²) in [6, 6.07) is 4.56. The van der Waals surface area contributed by atoms with Gasteiger partial charge < -0.3 is 20.6 Å². The maximum atomic E-state index is 9.50. The zero-order valence-electron chi connectivity index (χ0n) is 9.48. The Labute approximate surface area is 95.6 Å². The van der Waals surface area contributed by atoms with Gasteiger partial charge in [-0.15, -0.1) is 0 Å². The van der Waals surface area contributed by atoms with Gasteiger partial charge in [0, 0.05) is 18.2 Å². The summed E-state index contributed by atoms with van der Waals surface area (Å²) in [5.41, 5.74) is 0.759. The molecule has 0 aromatic heterocycles. The molecule has 16 heavy (non-hydrogen) atoms. The topological polar surface area (TPSA) is 72.7 Å². The Morgan fingerprint density at radius 3 is 2.69 bits per heavy atom. The number of rotatable bonds is 6. The van der Waals surface area contributed by atoms with Crippen molar-refractivity contribution in [2.45, 2.75) is 32.4 Å². The van der Waals surface area contributed by atoms with Crippen LogP contribution in [0.5, 0.6) is 11.5 Å². The van der Waals surface area contributed by atoms with Gasteiger partial charge in [0.2, 0.25) is 0 Å². The first kappa shape index (κ1) is 12.8. The van der Waals surface area contributed by atoms with Gasteiger partial charge >= 0.3 is 0 Å². The van der Waals surface area contributed by atoms with E-state index in [1.807, 2.05) is 0 Å². The highest BCUT2D eigenvalue weighted by molar-refractivity contribution is 5.38. The summed E-state index contributed by atoms with van der Waals surface area (Å²) in [4.78, 5) is 0. The summed E-state index contributed by atoms with van der Waals surface area (Å²) >= 11 is 0. The number of phenolic OH excluding ortho intramolecular Hbond substituents is 2. The van der Waals surface area contributed by atoms with Crippen LogP contribution in [0.3, 0.4) is 0 Å². The highest BCUT2D eigenvalue weighted by Crippen LogP contribution is 2.22. The lowest BCUT2D eigenvalue weighted by Gasteiger charge is -2.08.